The number of carbonyl (C=O) groups excluding carboxylic acids is 6. The van der Waals surface area contributed by atoms with E-state index in [0.29, 0.717) is 19.4 Å². The van der Waals surface area contributed by atoms with Gasteiger partial charge in [-0.05, 0) is 49.1 Å². The van der Waals surface area contributed by atoms with Gasteiger partial charge in [0, 0.05) is 20.5 Å². The highest BCUT2D eigenvalue weighted by molar-refractivity contribution is 5.96. The van der Waals surface area contributed by atoms with Crippen LogP contribution in [0.15, 0.2) is 30.3 Å². The van der Waals surface area contributed by atoms with Crippen LogP contribution in [0.2, 0.25) is 0 Å². The predicted molar refractivity (Wildman–Crippen MR) is 197 cm³/mol. The van der Waals surface area contributed by atoms with E-state index in [1.54, 1.807) is 41.5 Å². The number of benzene rings is 1. The van der Waals surface area contributed by atoms with Crippen LogP contribution in [0.25, 0.3) is 0 Å². The van der Waals surface area contributed by atoms with Crippen LogP contribution < -0.4 is 32.3 Å². The maximum absolute atomic E-state index is 13.9. The highest BCUT2D eigenvalue weighted by Gasteiger charge is 2.40. The second-order valence-electron chi connectivity index (χ2n) is 15.4. The molecular formula is C37H63N7O7. The minimum absolute atomic E-state index is 0.223. The number of hydrogen-bond acceptors (Lipinski definition) is 8. The number of aliphatic hydroxyl groups excluding tert-OH is 1. The van der Waals surface area contributed by atoms with E-state index in [1.807, 2.05) is 37.3 Å². The Bertz CT molecular complexity index is 1310. The molecule has 1 aromatic rings. The maximum Gasteiger partial charge on any atom is 0.251 e. The Morgan fingerprint density at radius 2 is 1.29 bits per heavy atom. The lowest BCUT2D eigenvalue weighted by molar-refractivity contribution is -0.139. The molecular weight excluding hydrogens is 654 g/mol. The number of unbranched alkanes of at least 4 members (excludes halogenated alkanes) is 2. The van der Waals surface area contributed by atoms with Crippen molar-refractivity contribution >= 4 is 35.4 Å². The van der Waals surface area contributed by atoms with E-state index >= 15 is 0 Å². The Labute approximate surface area is 303 Å². The van der Waals surface area contributed by atoms with Gasteiger partial charge in [-0.2, -0.15) is 0 Å². The minimum Gasteiger partial charge on any atom is -0.381 e. The zero-order valence-electron chi connectivity index (χ0n) is 32.2. The first kappa shape index (κ1) is 45.0. The monoisotopic (exact) mass is 717 g/mol. The fourth-order valence-corrected chi connectivity index (χ4v) is 5.23. The topological polar surface area (TPSA) is 212 Å². The van der Waals surface area contributed by atoms with Gasteiger partial charge in [-0.3, -0.25) is 28.8 Å². The van der Waals surface area contributed by atoms with Crippen molar-refractivity contribution in [1.82, 2.24) is 31.5 Å². The zero-order valence-corrected chi connectivity index (χ0v) is 32.2. The van der Waals surface area contributed by atoms with Crippen molar-refractivity contribution < 1.29 is 33.9 Å². The van der Waals surface area contributed by atoms with Gasteiger partial charge in [0.2, 0.25) is 29.5 Å². The van der Waals surface area contributed by atoms with Gasteiger partial charge in [-0.1, -0.05) is 85.2 Å². The SMILES string of the molecule is CC[C@@H](NC(=O)[C@@H](O)[C@H](C)NC(=O)[C@H](CC(=O)N(C)C)NC(=O)[C@@H](NC(=O)[C@@H](NC(=O)CCCCCN)C(C)(C)C)C(C)(C)C)c1ccccc1. The van der Waals surface area contributed by atoms with Crippen LogP contribution in [0.5, 0.6) is 0 Å². The average molecular weight is 718 g/mol. The van der Waals surface area contributed by atoms with Crippen molar-refractivity contribution in [2.45, 2.75) is 130 Å². The molecule has 0 unspecified atom stereocenters. The van der Waals surface area contributed by atoms with Gasteiger partial charge in [0.1, 0.15) is 18.1 Å². The molecule has 0 radical (unpaired) electrons. The van der Waals surface area contributed by atoms with E-state index in [1.165, 1.54) is 25.9 Å². The Morgan fingerprint density at radius 3 is 1.80 bits per heavy atom. The lowest BCUT2D eigenvalue weighted by atomic mass is 9.83. The molecule has 1 aromatic carbocycles. The number of nitrogens with one attached hydrogen (secondary N) is 5. The molecule has 0 saturated carbocycles. The van der Waals surface area contributed by atoms with Crippen LogP contribution in [0.3, 0.4) is 0 Å². The first-order valence-corrected chi connectivity index (χ1v) is 17.8. The molecule has 0 aliphatic carbocycles. The molecule has 0 spiro atoms. The molecule has 14 heteroatoms. The normalized spacial score (nSPS) is 15.2. The standard InChI is InChI=1S/C37H63N7O7/c1-11-25(24-18-14-12-15-19-24)40-33(49)29(47)23(2)39-32(48)26(22-28(46)44(9)10)41-34(50)31(37(6,7)8)43-35(51)30(36(3,4)5)42-27(45)20-16-13-17-21-38/h12,14-15,18-19,23,25-26,29-31,47H,11,13,16-17,20-22,38H2,1-10H3,(H,39,48)(H,40,49)(H,41,50)(H,42,45)(H,43,51)/t23-,25+,26-,29-,30+,31+/m0/s1. The number of rotatable bonds is 19. The second-order valence-corrected chi connectivity index (χ2v) is 15.4. The number of hydrogen-bond donors (Lipinski definition) is 7. The van der Waals surface area contributed by atoms with E-state index in [2.05, 4.69) is 26.6 Å². The molecule has 1 rings (SSSR count). The Kier molecular flexibility index (Phi) is 18.3. The Hall–Kier alpha value is -4.04. The minimum atomic E-state index is -1.64. The third-order valence-corrected chi connectivity index (χ3v) is 8.51. The van der Waals surface area contributed by atoms with Gasteiger partial charge in [0.05, 0.1) is 18.5 Å². The quantitative estimate of drug-likeness (QED) is 0.104. The van der Waals surface area contributed by atoms with Crippen LogP contribution in [0.1, 0.15) is 106 Å². The molecule has 0 aromatic heterocycles. The summed E-state index contributed by atoms with van der Waals surface area (Å²) in [6, 6.07) is 4.24. The van der Waals surface area contributed by atoms with Gasteiger partial charge < -0.3 is 42.3 Å². The third kappa shape index (κ3) is 15.4. The van der Waals surface area contributed by atoms with E-state index in [4.69, 9.17) is 5.73 Å². The van der Waals surface area contributed by atoms with E-state index in [-0.39, 0.29) is 18.4 Å². The molecule has 0 aliphatic heterocycles. The first-order valence-electron chi connectivity index (χ1n) is 17.8. The van der Waals surface area contributed by atoms with Crippen LogP contribution in [-0.2, 0) is 28.8 Å². The van der Waals surface area contributed by atoms with Crippen molar-refractivity contribution in [3.63, 3.8) is 0 Å². The predicted octanol–water partition coefficient (Wildman–Crippen LogP) is 1.66. The smallest absolute Gasteiger partial charge is 0.251 e. The molecule has 6 atom stereocenters. The number of amides is 6. The lowest BCUT2D eigenvalue weighted by Crippen LogP contribution is -2.63. The fraction of sp³-hybridized carbons (Fsp3) is 0.676. The third-order valence-electron chi connectivity index (χ3n) is 8.51. The molecule has 0 saturated heterocycles. The van der Waals surface area contributed by atoms with Crippen molar-refractivity contribution in [3.8, 4) is 0 Å². The highest BCUT2D eigenvalue weighted by Crippen LogP contribution is 2.24. The number of nitrogens with zero attached hydrogens (tertiary/aromatic N) is 1. The van der Waals surface area contributed by atoms with Crippen molar-refractivity contribution in [2.24, 2.45) is 16.6 Å². The van der Waals surface area contributed by atoms with Crippen LogP contribution in [0, 0.1) is 10.8 Å². The Morgan fingerprint density at radius 1 is 0.745 bits per heavy atom. The van der Waals surface area contributed by atoms with Crippen molar-refractivity contribution in [1.29, 1.82) is 0 Å². The molecule has 51 heavy (non-hydrogen) atoms. The molecule has 14 nitrogen and oxygen atoms in total. The molecule has 288 valence electrons. The van der Waals surface area contributed by atoms with Gasteiger partial charge >= 0.3 is 0 Å². The van der Waals surface area contributed by atoms with E-state index in [0.717, 1.165) is 18.4 Å². The summed E-state index contributed by atoms with van der Waals surface area (Å²) in [5, 5.41) is 24.4. The lowest BCUT2D eigenvalue weighted by Gasteiger charge is -2.36. The van der Waals surface area contributed by atoms with Gasteiger partial charge in [-0.15, -0.1) is 0 Å². The summed E-state index contributed by atoms with van der Waals surface area (Å²) in [5.41, 5.74) is 4.82. The summed E-state index contributed by atoms with van der Waals surface area (Å²) in [6.07, 6.45) is 0.916. The van der Waals surface area contributed by atoms with E-state index < -0.39 is 77.1 Å². The zero-order chi connectivity index (χ0) is 39.1. The fourth-order valence-electron chi connectivity index (χ4n) is 5.23. The van der Waals surface area contributed by atoms with Crippen LogP contribution in [0.4, 0.5) is 0 Å². The highest BCUT2D eigenvalue weighted by atomic mass is 16.3. The van der Waals surface area contributed by atoms with Crippen LogP contribution in [-0.4, -0.2) is 96.4 Å². The first-order chi connectivity index (χ1) is 23.6. The summed E-state index contributed by atoms with van der Waals surface area (Å²) in [6.45, 7) is 14.4. The molecule has 6 amide bonds. The number of aliphatic hydroxyl groups is 1. The second kappa shape index (κ2) is 20.7. The molecule has 8 N–H and O–H groups in total. The maximum atomic E-state index is 13.9. The van der Waals surface area contributed by atoms with Crippen molar-refractivity contribution in [2.75, 3.05) is 20.6 Å². The summed E-state index contributed by atoms with van der Waals surface area (Å²) in [7, 11) is 3.01. The molecule has 0 fully saturated rings. The van der Waals surface area contributed by atoms with Gasteiger partial charge in [0.25, 0.3) is 5.91 Å². The van der Waals surface area contributed by atoms with Crippen LogP contribution >= 0.6 is 0 Å². The molecule has 0 bridgehead atoms. The molecule has 0 aliphatic rings. The summed E-state index contributed by atoms with van der Waals surface area (Å²) in [4.78, 5) is 80.9. The summed E-state index contributed by atoms with van der Waals surface area (Å²) < 4.78 is 0. The average Bonchev–Trinajstić information content (AvgIpc) is 3.04. The largest absolute Gasteiger partial charge is 0.381 e. The number of nitrogens with two attached hydrogens (primary N) is 1. The number of carbonyl (C=O) groups is 6. The van der Waals surface area contributed by atoms with Crippen molar-refractivity contribution in [3.05, 3.63) is 35.9 Å². The van der Waals surface area contributed by atoms with Gasteiger partial charge in [0.15, 0.2) is 6.10 Å². The Balaban J connectivity index is 3.18. The molecule has 0 heterocycles. The summed E-state index contributed by atoms with van der Waals surface area (Å²) in [5.74, 6) is -3.58. The summed E-state index contributed by atoms with van der Waals surface area (Å²) >= 11 is 0. The van der Waals surface area contributed by atoms with Gasteiger partial charge in [-0.25, -0.2) is 0 Å². The van der Waals surface area contributed by atoms with E-state index in [9.17, 15) is 33.9 Å².